The number of hydrogen-bond donors (Lipinski definition) is 1. The van der Waals surface area contributed by atoms with Gasteiger partial charge in [0.05, 0.1) is 0 Å². The second kappa shape index (κ2) is 6.49. The zero-order valence-corrected chi connectivity index (χ0v) is 10.6. The fraction of sp³-hybridized carbons (Fsp3) is 0.467. The van der Waals surface area contributed by atoms with Gasteiger partial charge in [-0.15, -0.1) is 6.58 Å². The van der Waals surface area contributed by atoms with Crippen molar-refractivity contribution in [2.75, 3.05) is 0 Å². The second-order valence-electron chi connectivity index (χ2n) is 4.41. The van der Waals surface area contributed by atoms with E-state index in [-0.39, 0.29) is 0 Å². The van der Waals surface area contributed by atoms with E-state index < -0.39 is 0 Å². The van der Waals surface area contributed by atoms with Crippen molar-refractivity contribution in [1.29, 1.82) is 0 Å². The zero-order chi connectivity index (χ0) is 12.0. The van der Waals surface area contributed by atoms with Gasteiger partial charge < -0.3 is 5.32 Å². The fourth-order valence-corrected chi connectivity index (χ4v) is 1.96. The Kier molecular flexibility index (Phi) is 5.27. The van der Waals surface area contributed by atoms with Crippen LogP contribution in [0.2, 0.25) is 0 Å². The Morgan fingerprint density at radius 1 is 1.25 bits per heavy atom. The van der Waals surface area contributed by atoms with E-state index in [0.29, 0.717) is 18.0 Å². The summed E-state index contributed by atoms with van der Waals surface area (Å²) in [6.45, 7) is 10.5. The van der Waals surface area contributed by atoms with Gasteiger partial charge in [-0.25, -0.2) is 0 Å². The SMILES string of the molecule is C=C[C@H](C)C(CC)N[C@H](C)c1ccccc1. The van der Waals surface area contributed by atoms with Gasteiger partial charge in [-0.2, -0.15) is 0 Å². The molecular weight excluding hydrogens is 194 g/mol. The van der Waals surface area contributed by atoms with Crippen LogP contribution < -0.4 is 5.32 Å². The average molecular weight is 217 g/mol. The maximum absolute atomic E-state index is 3.87. The lowest BCUT2D eigenvalue weighted by molar-refractivity contribution is 0.379. The van der Waals surface area contributed by atoms with Crippen molar-refractivity contribution in [3.63, 3.8) is 0 Å². The molecule has 0 saturated heterocycles. The van der Waals surface area contributed by atoms with E-state index in [9.17, 15) is 0 Å². The first-order chi connectivity index (χ1) is 7.69. The van der Waals surface area contributed by atoms with Crippen LogP contribution in [-0.2, 0) is 0 Å². The third kappa shape index (κ3) is 3.49. The van der Waals surface area contributed by atoms with Gasteiger partial charge in [0.2, 0.25) is 0 Å². The molecule has 88 valence electrons. The second-order valence-corrected chi connectivity index (χ2v) is 4.41. The van der Waals surface area contributed by atoms with Crippen molar-refractivity contribution < 1.29 is 0 Å². The molecule has 1 aromatic carbocycles. The molecule has 0 aliphatic carbocycles. The van der Waals surface area contributed by atoms with Gasteiger partial charge in [0.25, 0.3) is 0 Å². The lowest BCUT2D eigenvalue weighted by Gasteiger charge is -2.26. The summed E-state index contributed by atoms with van der Waals surface area (Å²) in [5.74, 6) is 0.510. The molecular formula is C15H23N. The number of nitrogens with one attached hydrogen (secondary N) is 1. The standard InChI is InChI=1S/C15H23N/c1-5-12(3)15(6-2)16-13(4)14-10-8-7-9-11-14/h5,7-13,15-16H,1,6H2,2-4H3/t12-,13+,15?/m0/s1. The van der Waals surface area contributed by atoms with Gasteiger partial charge in [0.1, 0.15) is 0 Å². The summed E-state index contributed by atoms with van der Waals surface area (Å²) in [5.41, 5.74) is 1.34. The topological polar surface area (TPSA) is 12.0 Å². The molecule has 0 bridgehead atoms. The van der Waals surface area contributed by atoms with E-state index in [1.54, 1.807) is 0 Å². The molecule has 0 heterocycles. The first kappa shape index (κ1) is 13.0. The van der Waals surface area contributed by atoms with Crippen LogP contribution >= 0.6 is 0 Å². The molecule has 1 aromatic rings. The predicted octanol–water partition coefficient (Wildman–Crippen LogP) is 3.94. The quantitative estimate of drug-likeness (QED) is 0.712. The third-order valence-corrected chi connectivity index (χ3v) is 3.21. The Bertz CT molecular complexity index is 304. The van der Waals surface area contributed by atoms with E-state index in [2.05, 4.69) is 63.0 Å². The summed E-state index contributed by atoms with van der Waals surface area (Å²) in [6, 6.07) is 11.5. The summed E-state index contributed by atoms with van der Waals surface area (Å²) in [4.78, 5) is 0. The average Bonchev–Trinajstić information content (AvgIpc) is 2.35. The molecule has 1 unspecified atom stereocenters. The van der Waals surface area contributed by atoms with Crippen molar-refractivity contribution in [3.05, 3.63) is 48.6 Å². The molecule has 1 N–H and O–H groups in total. The van der Waals surface area contributed by atoms with Crippen molar-refractivity contribution >= 4 is 0 Å². The van der Waals surface area contributed by atoms with Gasteiger partial charge >= 0.3 is 0 Å². The highest BCUT2D eigenvalue weighted by Gasteiger charge is 2.15. The van der Waals surface area contributed by atoms with Crippen LogP contribution in [0.15, 0.2) is 43.0 Å². The van der Waals surface area contributed by atoms with Gasteiger partial charge in [-0.1, -0.05) is 50.3 Å². The fourth-order valence-electron chi connectivity index (χ4n) is 1.96. The van der Waals surface area contributed by atoms with Crippen LogP contribution in [0.5, 0.6) is 0 Å². The normalized spacial score (nSPS) is 16.4. The van der Waals surface area contributed by atoms with Gasteiger partial charge in [-0.3, -0.25) is 0 Å². The summed E-state index contributed by atoms with van der Waals surface area (Å²) in [6.07, 6.45) is 3.16. The first-order valence-corrected chi connectivity index (χ1v) is 6.12. The minimum Gasteiger partial charge on any atom is -0.307 e. The summed E-state index contributed by atoms with van der Waals surface area (Å²) >= 11 is 0. The molecule has 16 heavy (non-hydrogen) atoms. The van der Waals surface area contributed by atoms with Crippen molar-refractivity contribution in [1.82, 2.24) is 5.32 Å². The van der Waals surface area contributed by atoms with Crippen molar-refractivity contribution in [2.45, 2.75) is 39.3 Å². The van der Waals surface area contributed by atoms with Gasteiger partial charge in [-0.05, 0) is 24.8 Å². The maximum atomic E-state index is 3.87. The van der Waals surface area contributed by atoms with E-state index in [1.807, 2.05) is 6.08 Å². The number of hydrogen-bond acceptors (Lipinski definition) is 1. The van der Waals surface area contributed by atoms with Crippen LogP contribution in [0.1, 0.15) is 38.8 Å². The number of benzene rings is 1. The smallest absolute Gasteiger partial charge is 0.0294 e. The molecule has 0 fully saturated rings. The molecule has 0 amide bonds. The van der Waals surface area contributed by atoms with E-state index in [4.69, 9.17) is 0 Å². The minimum absolute atomic E-state index is 0.397. The number of rotatable bonds is 6. The first-order valence-electron chi connectivity index (χ1n) is 6.12. The zero-order valence-electron chi connectivity index (χ0n) is 10.6. The highest BCUT2D eigenvalue weighted by Crippen LogP contribution is 2.16. The lowest BCUT2D eigenvalue weighted by Crippen LogP contribution is -2.35. The van der Waals surface area contributed by atoms with Crippen LogP contribution in [0, 0.1) is 5.92 Å². The van der Waals surface area contributed by atoms with E-state index in [1.165, 1.54) is 5.56 Å². The maximum Gasteiger partial charge on any atom is 0.0294 e. The van der Waals surface area contributed by atoms with E-state index in [0.717, 1.165) is 6.42 Å². The Morgan fingerprint density at radius 3 is 2.38 bits per heavy atom. The van der Waals surface area contributed by atoms with Gasteiger partial charge in [0, 0.05) is 12.1 Å². The van der Waals surface area contributed by atoms with Crippen LogP contribution in [0.4, 0.5) is 0 Å². The largest absolute Gasteiger partial charge is 0.307 e. The molecule has 1 rings (SSSR count). The molecule has 0 aliphatic rings. The summed E-state index contributed by atoms with van der Waals surface area (Å²) in [7, 11) is 0. The molecule has 1 nitrogen and oxygen atoms in total. The Labute approximate surface area is 99.6 Å². The molecule has 0 aliphatic heterocycles. The molecule has 3 atom stereocenters. The minimum atomic E-state index is 0.397. The van der Waals surface area contributed by atoms with Crippen molar-refractivity contribution in [3.8, 4) is 0 Å². The summed E-state index contributed by atoms with van der Waals surface area (Å²) < 4.78 is 0. The van der Waals surface area contributed by atoms with Crippen LogP contribution in [-0.4, -0.2) is 6.04 Å². The molecule has 0 radical (unpaired) electrons. The third-order valence-electron chi connectivity index (χ3n) is 3.21. The van der Waals surface area contributed by atoms with Crippen molar-refractivity contribution in [2.24, 2.45) is 5.92 Å². The Hall–Kier alpha value is -1.08. The van der Waals surface area contributed by atoms with Gasteiger partial charge in [0.15, 0.2) is 0 Å². The molecule has 1 heteroatoms. The highest BCUT2D eigenvalue weighted by atomic mass is 14.9. The molecule has 0 aromatic heterocycles. The molecule has 0 spiro atoms. The van der Waals surface area contributed by atoms with Crippen LogP contribution in [0.25, 0.3) is 0 Å². The lowest BCUT2D eigenvalue weighted by atomic mass is 9.97. The molecule has 0 saturated carbocycles. The monoisotopic (exact) mass is 217 g/mol. The van der Waals surface area contributed by atoms with Crippen LogP contribution in [0.3, 0.4) is 0 Å². The van der Waals surface area contributed by atoms with E-state index >= 15 is 0 Å². The Morgan fingerprint density at radius 2 is 1.88 bits per heavy atom. The predicted molar refractivity (Wildman–Crippen MR) is 71.4 cm³/mol. The Balaban J connectivity index is 2.62. The highest BCUT2D eigenvalue weighted by molar-refractivity contribution is 5.18. The summed E-state index contributed by atoms with van der Waals surface area (Å²) in [5, 5.41) is 3.66.